The molecule has 0 spiro atoms. The number of hydrogen-bond acceptors (Lipinski definition) is 3. The summed E-state index contributed by atoms with van der Waals surface area (Å²) in [7, 11) is 0. The summed E-state index contributed by atoms with van der Waals surface area (Å²) in [6.07, 6.45) is 6.40. The van der Waals surface area contributed by atoms with Gasteiger partial charge in [-0.2, -0.15) is 16.9 Å². The minimum absolute atomic E-state index is 0.255. The molecular formula is C10H18N2OS. The highest BCUT2D eigenvalue weighted by atomic mass is 32.2. The largest absolute Gasteiger partial charge is 0.373 e. The molecule has 0 N–H and O–H groups in total. The van der Waals surface area contributed by atoms with Gasteiger partial charge < -0.3 is 4.74 Å². The number of hydrogen-bond donors (Lipinski definition) is 0. The van der Waals surface area contributed by atoms with Gasteiger partial charge in [-0.1, -0.05) is 0 Å². The van der Waals surface area contributed by atoms with Gasteiger partial charge in [-0.25, -0.2) is 0 Å². The molecule has 80 valence electrons. The van der Waals surface area contributed by atoms with Gasteiger partial charge in [0.15, 0.2) is 0 Å². The average Bonchev–Trinajstić information content (AvgIpc) is 2.56. The van der Waals surface area contributed by atoms with Gasteiger partial charge in [0.2, 0.25) is 0 Å². The third-order valence-electron chi connectivity index (χ3n) is 1.77. The Balaban J connectivity index is 2.42. The molecule has 0 saturated heterocycles. The van der Waals surface area contributed by atoms with E-state index in [0.717, 1.165) is 12.3 Å². The summed E-state index contributed by atoms with van der Waals surface area (Å²) in [5.41, 5.74) is 0. The summed E-state index contributed by atoms with van der Waals surface area (Å²) in [6, 6.07) is 1.94. The van der Waals surface area contributed by atoms with Crippen molar-refractivity contribution in [3.8, 4) is 0 Å². The van der Waals surface area contributed by atoms with Gasteiger partial charge >= 0.3 is 0 Å². The monoisotopic (exact) mass is 214 g/mol. The van der Waals surface area contributed by atoms with Crippen LogP contribution in [-0.4, -0.2) is 34.0 Å². The van der Waals surface area contributed by atoms with Crippen molar-refractivity contribution in [2.24, 2.45) is 0 Å². The molecule has 0 saturated carbocycles. The van der Waals surface area contributed by atoms with Crippen LogP contribution in [0.4, 0.5) is 0 Å². The molecule has 1 unspecified atom stereocenters. The van der Waals surface area contributed by atoms with E-state index < -0.39 is 0 Å². The quantitative estimate of drug-likeness (QED) is 0.725. The van der Waals surface area contributed by atoms with Crippen molar-refractivity contribution < 1.29 is 4.74 Å². The molecule has 4 heteroatoms. The molecule has 0 amide bonds. The molecule has 1 atom stereocenters. The molecule has 0 bridgehead atoms. The van der Waals surface area contributed by atoms with E-state index >= 15 is 0 Å². The minimum Gasteiger partial charge on any atom is -0.373 e. The first-order chi connectivity index (χ1) is 6.72. The Kier molecular flexibility index (Phi) is 5.04. The molecule has 1 aromatic rings. The second-order valence-electron chi connectivity index (χ2n) is 3.49. The van der Waals surface area contributed by atoms with Crippen LogP contribution >= 0.6 is 11.8 Å². The SMILES string of the molecule is CSCC(Cn1cccn1)OC(C)C. The van der Waals surface area contributed by atoms with E-state index in [-0.39, 0.29) is 12.2 Å². The molecule has 0 aliphatic carbocycles. The number of rotatable bonds is 6. The minimum atomic E-state index is 0.255. The first-order valence-corrected chi connectivity index (χ1v) is 6.23. The third-order valence-corrected chi connectivity index (χ3v) is 2.47. The standard InChI is InChI=1S/C10H18N2OS/c1-9(2)13-10(8-14-3)7-12-6-4-5-11-12/h4-6,9-10H,7-8H2,1-3H3. The van der Waals surface area contributed by atoms with Crippen molar-refractivity contribution in [2.45, 2.75) is 32.6 Å². The van der Waals surface area contributed by atoms with E-state index in [1.54, 1.807) is 6.20 Å². The Morgan fingerprint density at radius 2 is 2.29 bits per heavy atom. The molecule has 0 aromatic carbocycles. The van der Waals surface area contributed by atoms with E-state index in [2.05, 4.69) is 25.2 Å². The van der Waals surface area contributed by atoms with Crippen molar-refractivity contribution in [2.75, 3.05) is 12.0 Å². The molecule has 0 aliphatic rings. The summed E-state index contributed by atoms with van der Waals surface area (Å²) in [5, 5.41) is 4.17. The third kappa shape index (κ3) is 4.15. The Labute approximate surface area is 89.8 Å². The van der Waals surface area contributed by atoms with Crippen LogP contribution in [0, 0.1) is 0 Å². The highest BCUT2D eigenvalue weighted by Gasteiger charge is 2.11. The molecule has 0 aliphatic heterocycles. The van der Waals surface area contributed by atoms with Gasteiger partial charge in [0, 0.05) is 18.1 Å². The lowest BCUT2D eigenvalue weighted by Gasteiger charge is -2.19. The van der Waals surface area contributed by atoms with Gasteiger partial charge in [-0.3, -0.25) is 4.68 Å². The molecule has 0 radical (unpaired) electrons. The number of thioether (sulfide) groups is 1. The average molecular weight is 214 g/mol. The van der Waals surface area contributed by atoms with Crippen molar-refractivity contribution in [3.05, 3.63) is 18.5 Å². The van der Waals surface area contributed by atoms with Crippen molar-refractivity contribution >= 4 is 11.8 Å². The van der Waals surface area contributed by atoms with Crippen molar-refractivity contribution in [3.63, 3.8) is 0 Å². The Morgan fingerprint density at radius 3 is 2.79 bits per heavy atom. The molecule has 1 heterocycles. The van der Waals surface area contributed by atoms with E-state index in [9.17, 15) is 0 Å². The van der Waals surface area contributed by atoms with E-state index in [1.165, 1.54) is 0 Å². The second kappa shape index (κ2) is 6.09. The van der Waals surface area contributed by atoms with Gasteiger partial charge in [0.1, 0.15) is 0 Å². The summed E-state index contributed by atoms with van der Waals surface area (Å²) in [5.74, 6) is 1.01. The lowest BCUT2D eigenvalue weighted by atomic mass is 10.3. The molecular weight excluding hydrogens is 196 g/mol. The molecule has 3 nitrogen and oxygen atoms in total. The van der Waals surface area contributed by atoms with Gasteiger partial charge in [0.25, 0.3) is 0 Å². The van der Waals surface area contributed by atoms with Crippen LogP contribution in [-0.2, 0) is 11.3 Å². The molecule has 1 rings (SSSR count). The highest BCUT2D eigenvalue weighted by molar-refractivity contribution is 7.98. The lowest BCUT2D eigenvalue weighted by molar-refractivity contribution is 0.0107. The second-order valence-corrected chi connectivity index (χ2v) is 4.40. The van der Waals surface area contributed by atoms with Gasteiger partial charge in [-0.05, 0) is 26.2 Å². The maximum Gasteiger partial charge on any atom is 0.0864 e. The first kappa shape index (κ1) is 11.6. The van der Waals surface area contributed by atoms with E-state index in [1.807, 2.05) is 28.7 Å². The summed E-state index contributed by atoms with van der Waals surface area (Å²) in [4.78, 5) is 0. The molecule has 14 heavy (non-hydrogen) atoms. The van der Waals surface area contributed by atoms with Crippen LogP contribution in [0.2, 0.25) is 0 Å². The fraction of sp³-hybridized carbons (Fsp3) is 0.700. The maximum atomic E-state index is 5.78. The highest BCUT2D eigenvalue weighted by Crippen LogP contribution is 2.07. The molecule has 0 fully saturated rings. The van der Waals surface area contributed by atoms with E-state index in [0.29, 0.717) is 0 Å². The zero-order valence-corrected chi connectivity index (χ0v) is 9.83. The number of ether oxygens (including phenoxy) is 1. The zero-order chi connectivity index (χ0) is 10.4. The van der Waals surface area contributed by atoms with Crippen molar-refractivity contribution in [1.82, 2.24) is 9.78 Å². The zero-order valence-electron chi connectivity index (χ0n) is 9.01. The predicted molar refractivity (Wildman–Crippen MR) is 60.6 cm³/mol. The Morgan fingerprint density at radius 1 is 1.50 bits per heavy atom. The fourth-order valence-corrected chi connectivity index (χ4v) is 1.88. The Bertz CT molecular complexity index is 236. The van der Waals surface area contributed by atoms with Crippen LogP contribution in [0.15, 0.2) is 18.5 Å². The normalized spacial score (nSPS) is 13.4. The first-order valence-electron chi connectivity index (χ1n) is 4.84. The van der Waals surface area contributed by atoms with Crippen LogP contribution in [0.5, 0.6) is 0 Å². The predicted octanol–water partition coefficient (Wildman–Crippen LogP) is 2.04. The lowest BCUT2D eigenvalue weighted by Crippen LogP contribution is -2.26. The Hall–Kier alpha value is -0.480. The fourth-order valence-electron chi connectivity index (χ4n) is 1.32. The van der Waals surface area contributed by atoms with Crippen LogP contribution in [0.25, 0.3) is 0 Å². The smallest absolute Gasteiger partial charge is 0.0864 e. The number of aromatic nitrogens is 2. The maximum absolute atomic E-state index is 5.78. The topological polar surface area (TPSA) is 27.1 Å². The summed E-state index contributed by atoms with van der Waals surface area (Å²) in [6.45, 7) is 4.97. The summed E-state index contributed by atoms with van der Waals surface area (Å²) >= 11 is 1.81. The van der Waals surface area contributed by atoms with E-state index in [4.69, 9.17) is 4.74 Å². The van der Waals surface area contributed by atoms with Gasteiger partial charge in [0.05, 0.1) is 18.8 Å². The van der Waals surface area contributed by atoms with Crippen molar-refractivity contribution in [1.29, 1.82) is 0 Å². The van der Waals surface area contributed by atoms with Crippen LogP contribution < -0.4 is 0 Å². The van der Waals surface area contributed by atoms with Crippen LogP contribution in [0.1, 0.15) is 13.8 Å². The van der Waals surface area contributed by atoms with Crippen LogP contribution in [0.3, 0.4) is 0 Å². The summed E-state index contributed by atoms with van der Waals surface area (Å²) < 4.78 is 7.70. The van der Waals surface area contributed by atoms with Gasteiger partial charge in [-0.15, -0.1) is 0 Å². The number of nitrogens with zero attached hydrogens (tertiary/aromatic N) is 2. The molecule has 1 aromatic heterocycles.